The Morgan fingerprint density at radius 3 is 2.56 bits per heavy atom. The molecule has 2 saturated heterocycles. The van der Waals surface area contributed by atoms with Crippen molar-refractivity contribution in [3.8, 4) is 0 Å². The molecule has 8 heteroatoms. The lowest BCUT2D eigenvalue weighted by Crippen LogP contribution is -2.51. The summed E-state index contributed by atoms with van der Waals surface area (Å²) >= 11 is 0. The third kappa shape index (κ3) is 5.54. The molecule has 3 aliphatic heterocycles. The van der Waals surface area contributed by atoms with Gasteiger partial charge < -0.3 is 19.4 Å². The first-order valence-electron chi connectivity index (χ1n) is 12.8. The van der Waals surface area contributed by atoms with Gasteiger partial charge in [-0.1, -0.05) is 19.9 Å². The molecule has 0 unspecified atom stereocenters. The monoisotopic (exact) mass is 469 g/mol. The normalized spacial score (nSPS) is 19.5. The number of hydrogen-bond donors (Lipinski definition) is 0. The Morgan fingerprint density at radius 2 is 1.85 bits per heavy atom. The molecule has 4 heterocycles. The number of ether oxygens (including phenoxy) is 1. The molecule has 3 aliphatic rings. The predicted octanol–water partition coefficient (Wildman–Crippen LogP) is 4.81. The van der Waals surface area contributed by atoms with E-state index in [4.69, 9.17) is 9.37 Å². The number of fused-ring (bicyclic) bond motifs is 1. The lowest BCUT2D eigenvalue weighted by Gasteiger charge is -2.42. The standard InChI is InChI=1S/C24H33N5O3.C2H6/c1-24(2,3)31-23(30)28-10-6-7-18(16-28)19-11-20-22(26-32-25-20)21(12-19)29-14-17(15-29)13-27-8-4-5-9-27;1-2/h7,11-12,17H,4-6,8-10,13-16H2,1-3H3;1-2H3. The highest BCUT2D eigenvalue weighted by Crippen LogP contribution is 2.35. The lowest BCUT2D eigenvalue weighted by atomic mass is 9.95. The van der Waals surface area contributed by atoms with Gasteiger partial charge in [0, 0.05) is 38.6 Å². The molecule has 0 saturated carbocycles. The van der Waals surface area contributed by atoms with Crippen molar-refractivity contribution in [2.45, 2.75) is 59.5 Å². The SMILES string of the molecule is CC.CC(C)(C)OC(=O)N1CCC=C(c2cc(N3CC(CN4CCCC4)C3)c3nonc3c2)C1. The van der Waals surface area contributed by atoms with Gasteiger partial charge in [-0.2, -0.15) is 0 Å². The van der Waals surface area contributed by atoms with E-state index in [-0.39, 0.29) is 6.09 Å². The van der Waals surface area contributed by atoms with E-state index >= 15 is 0 Å². The fraction of sp³-hybridized carbons (Fsp3) is 0.654. The van der Waals surface area contributed by atoms with E-state index in [2.05, 4.69) is 32.3 Å². The zero-order valence-corrected chi connectivity index (χ0v) is 21.3. The van der Waals surface area contributed by atoms with Gasteiger partial charge in [0.05, 0.1) is 5.69 Å². The average Bonchev–Trinajstić information content (AvgIpc) is 3.48. The molecule has 2 aromatic rings. The number of benzene rings is 1. The fourth-order valence-corrected chi connectivity index (χ4v) is 4.95. The maximum absolute atomic E-state index is 12.6. The molecule has 186 valence electrons. The van der Waals surface area contributed by atoms with Gasteiger partial charge in [0.15, 0.2) is 5.52 Å². The summed E-state index contributed by atoms with van der Waals surface area (Å²) in [7, 11) is 0. The lowest BCUT2D eigenvalue weighted by molar-refractivity contribution is 0.0273. The fourth-order valence-electron chi connectivity index (χ4n) is 4.95. The van der Waals surface area contributed by atoms with E-state index in [1.165, 1.54) is 32.5 Å². The van der Waals surface area contributed by atoms with E-state index in [1.807, 2.05) is 40.7 Å². The first-order valence-corrected chi connectivity index (χ1v) is 12.8. The molecule has 0 aliphatic carbocycles. The number of carbonyl (C=O) groups excluding carboxylic acids is 1. The Morgan fingerprint density at radius 1 is 1.12 bits per heavy atom. The topological polar surface area (TPSA) is 74.9 Å². The number of amides is 1. The number of hydrogen-bond acceptors (Lipinski definition) is 7. The molecule has 1 aromatic heterocycles. The summed E-state index contributed by atoms with van der Waals surface area (Å²) in [5.41, 5.74) is 4.33. The van der Waals surface area contributed by atoms with Crippen molar-refractivity contribution >= 4 is 28.4 Å². The molecule has 2 fully saturated rings. The van der Waals surface area contributed by atoms with Gasteiger partial charge in [-0.05, 0) is 86.7 Å². The summed E-state index contributed by atoms with van der Waals surface area (Å²) in [6.45, 7) is 16.6. The zero-order chi connectivity index (χ0) is 24.3. The molecule has 1 amide bonds. The van der Waals surface area contributed by atoms with Crippen molar-refractivity contribution in [3.05, 3.63) is 23.8 Å². The third-order valence-electron chi connectivity index (χ3n) is 6.53. The Kier molecular flexibility index (Phi) is 7.45. The van der Waals surface area contributed by atoms with Crippen molar-refractivity contribution in [1.82, 2.24) is 20.1 Å². The van der Waals surface area contributed by atoms with E-state index < -0.39 is 5.60 Å². The van der Waals surface area contributed by atoms with Gasteiger partial charge in [0.25, 0.3) is 0 Å². The summed E-state index contributed by atoms with van der Waals surface area (Å²) in [5, 5.41) is 8.30. The van der Waals surface area contributed by atoms with Crippen molar-refractivity contribution in [2.75, 3.05) is 50.7 Å². The zero-order valence-electron chi connectivity index (χ0n) is 21.3. The van der Waals surface area contributed by atoms with Gasteiger partial charge in [-0.25, -0.2) is 9.42 Å². The summed E-state index contributed by atoms with van der Waals surface area (Å²) in [6, 6.07) is 4.20. The van der Waals surface area contributed by atoms with Crippen LogP contribution in [-0.2, 0) is 4.74 Å². The molecule has 0 N–H and O–H groups in total. The number of anilines is 1. The third-order valence-corrected chi connectivity index (χ3v) is 6.53. The van der Waals surface area contributed by atoms with E-state index in [9.17, 15) is 4.79 Å². The van der Waals surface area contributed by atoms with Crippen molar-refractivity contribution in [1.29, 1.82) is 0 Å². The Hall–Kier alpha value is -2.61. The van der Waals surface area contributed by atoms with E-state index in [1.54, 1.807) is 4.90 Å². The minimum Gasteiger partial charge on any atom is -0.444 e. The second kappa shape index (κ2) is 10.3. The van der Waals surface area contributed by atoms with Gasteiger partial charge in [0.1, 0.15) is 11.1 Å². The molecule has 8 nitrogen and oxygen atoms in total. The Bertz CT molecular complexity index is 1010. The van der Waals surface area contributed by atoms with Crippen LogP contribution >= 0.6 is 0 Å². The highest BCUT2D eigenvalue weighted by molar-refractivity contribution is 5.92. The van der Waals surface area contributed by atoms with Crippen LogP contribution in [-0.4, -0.2) is 77.6 Å². The van der Waals surface area contributed by atoms with E-state index in [0.717, 1.165) is 47.4 Å². The highest BCUT2D eigenvalue weighted by Gasteiger charge is 2.32. The molecule has 34 heavy (non-hydrogen) atoms. The molecular weight excluding hydrogens is 430 g/mol. The number of nitrogens with zero attached hydrogens (tertiary/aromatic N) is 5. The van der Waals surface area contributed by atoms with Crippen LogP contribution in [0.4, 0.5) is 10.5 Å². The summed E-state index contributed by atoms with van der Waals surface area (Å²) < 4.78 is 10.7. The maximum atomic E-state index is 12.6. The Labute approximate surface area is 202 Å². The molecule has 1 aromatic carbocycles. The molecule has 0 atom stereocenters. The van der Waals surface area contributed by atoms with Crippen molar-refractivity contribution in [2.24, 2.45) is 5.92 Å². The maximum Gasteiger partial charge on any atom is 0.410 e. The minimum absolute atomic E-state index is 0.264. The van der Waals surface area contributed by atoms with Crippen molar-refractivity contribution < 1.29 is 14.2 Å². The van der Waals surface area contributed by atoms with Gasteiger partial charge in [0.2, 0.25) is 0 Å². The second-order valence-corrected chi connectivity index (χ2v) is 10.3. The minimum atomic E-state index is -0.500. The van der Waals surface area contributed by atoms with Crippen LogP contribution in [0, 0.1) is 5.92 Å². The van der Waals surface area contributed by atoms with Crippen LogP contribution in [0.25, 0.3) is 16.6 Å². The average molecular weight is 470 g/mol. The number of carbonyl (C=O) groups is 1. The smallest absolute Gasteiger partial charge is 0.410 e. The molecule has 0 radical (unpaired) electrons. The summed E-state index contributed by atoms with van der Waals surface area (Å²) in [6.07, 6.45) is 5.42. The van der Waals surface area contributed by atoms with Gasteiger partial charge in [-0.3, -0.25) is 0 Å². The number of rotatable bonds is 4. The molecule has 0 bridgehead atoms. The quantitative estimate of drug-likeness (QED) is 0.636. The first kappa shape index (κ1) is 24.5. The molecule has 0 spiro atoms. The van der Waals surface area contributed by atoms with Crippen LogP contribution in [0.3, 0.4) is 0 Å². The van der Waals surface area contributed by atoms with Crippen molar-refractivity contribution in [3.63, 3.8) is 0 Å². The number of aromatic nitrogens is 2. The first-order chi connectivity index (χ1) is 16.4. The van der Waals surface area contributed by atoms with Crippen LogP contribution < -0.4 is 4.90 Å². The van der Waals surface area contributed by atoms with Gasteiger partial charge in [-0.15, -0.1) is 0 Å². The van der Waals surface area contributed by atoms with Crippen LogP contribution in [0.2, 0.25) is 0 Å². The largest absolute Gasteiger partial charge is 0.444 e. The highest BCUT2D eigenvalue weighted by atomic mass is 16.6. The van der Waals surface area contributed by atoms with Crippen LogP contribution in [0.1, 0.15) is 59.4 Å². The van der Waals surface area contributed by atoms with E-state index in [0.29, 0.717) is 19.0 Å². The van der Waals surface area contributed by atoms with Gasteiger partial charge >= 0.3 is 6.09 Å². The number of likely N-dealkylation sites (tertiary alicyclic amines) is 1. The summed E-state index contributed by atoms with van der Waals surface area (Å²) in [4.78, 5) is 19.3. The molecular formula is C26H39N5O3. The summed E-state index contributed by atoms with van der Waals surface area (Å²) in [5.74, 6) is 0.697. The molecule has 5 rings (SSSR count). The van der Waals surface area contributed by atoms with Crippen LogP contribution in [0.5, 0.6) is 0 Å². The Balaban J connectivity index is 0.00000133. The predicted molar refractivity (Wildman–Crippen MR) is 135 cm³/mol. The second-order valence-electron chi connectivity index (χ2n) is 10.3. The van der Waals surface area contributed by atoms with Crippen LogP contribution in [0.15, 0.2) is 22.8 Å².